The molecule has 5 aromatic rings. The molecule has 1 fully saturated rings. The van der Waals surface area contributed by atoms with E-state index in [1.165, 1.54) is 0 Å². The lowest BCUT2D eigenvalue weighted by atomic mass is 10.1. The molecule has 0 spiro atoms. The Kier molecular flexibility index (Phi) is 6.83. The van der Waals surface area contributed by atoms with Gasteiger partial charge in [-0.15, -0.1) is 0 Å². The molecule has 0 radical (unpaired) electrons. The SMILES string of the molecule is COc1ccc2ccc(S(=O)(=O)N[C@H]3CCN(Cc4ccc5ccnc(Oc6ccccc6)c5c4)C3=O)cc2c1. The summed E-state index contributed by atoms with van der Waals surface area (Å²) < 4.78 is 40.3. The van der Waals surface area contributed by atoms with Gasteiger partial charge in [0.2, 0.25) is 21.8 Å². The molecular formula is C31H27N3O5S. The molecule has 1 atom stereocenters. The van der Waals surface area contributed by atoms with Gasteiger partial charge >= 0.3 is 0 Å². The van der Waals surface area contributed by atoms with Crippen molar-refractivity contribution in [1.82, 2.24) is 14.6 Å². The number of nitrogens with zero attached hydrogens (tertiary/aromatic N) is 2. The van der Waals surface area contributed by atoms with Crippen LogP contribution in [0.25, 0.3) is 21.5 Å². The van der Waals surface area contributed by atoms with Crippen molar-refractivity contribution in [1.29, 1.82) is 0 Å². The lowest BCUT2D eigenvalue weighted by Crippen LogP contribution is -2.41. The second kappa shape index (κ2) is 10.6. The summed E-state index contributed by atoms with van der Waals surface area (Å²) in [5.41, 5.74) is 0.902. The van der Waals surface area contributed by atoms with Crippen molar-refractivity contribution < 1.29 is 22.7 Å². The van der Waals surface area contributed by atoms with Gasteiger partial charge in [-0.1, -0.05) is 42.5 Å². The van der Waals surface area contributed by atoms with Crippen LogP contribution in [-0.4, -0.2) is 43.9 Å². The third-order valence-electron chi connectivity index (χ3n) is 7.05. The van der Waals surface area contributed by atoms with Crippen LogP contribution in [0.1, 0.15) is 12.0 Å². The number of benzene rings is 4. The molecule has 1 aliphatic rings. The van der Waals surface area contributed by atoms with Crippen LogP contribution in [0.2, 0.25) is 0 Å². The Bertz CT molecular complexity index is 1830. The van der Waals surface area contributed by atoms with Gasteiger partial charge in [0.15, 0.2) is 0 Å². The number of carbonyl (C=O) groups is 1. The predicted octanol–water partition coefficient (Wildman–Crippen LogP) is 5.27. The van der Waals surface area contributed by atoms with Gasteiger partial charge in [0.05, 0.1) is 12.0 Å². The first kappa shape index (κ1) is 25.8. The van der Waals surface area contributed by atoms with E-state index in [9.17, 15) is 13.2 Å². The molecule has 1 saturated heterocycles. The number of rotatable bonds is 8. The van der Waals surface area contributed by atoms with E-state index in [0.717, 1.165) is 27.1 Å². The molecule has 40 heavy (non-hydrogen) atoms. The lowest BCUT2D eigenvalue weighted by molar-refractivity contribution is -0.129. The van der Waals surface area contributed by atoms with E-state index in [1.807, 2.05) is 66.7 Å². The lowest BCUT2D eigenvalue weighted by Gasteiger charge is -2.18. The molecule has 2 heterocycles. The van der Waals surface area contributed by atoms with E-state index < -0.39 is 16.1 Å². The zero-order valence-corrected chi connectivity index (χ0v) is 22.6. The van der Waals surface area contributed by atoms with Gasteiger partial charge in [-0.3, -0.25) is 4.79 Å². The quantitative estimate of drug-likeness (QED) is 0.281. The molecule has 0 unspecified atom stereocenters. The molecule has 1 N–H and O–H groups in total. The highest BCUT2D eigenvalue weighted by molar-refractivity contribution is 7.89. The number of likely N-dealkylation sites (tertiary alicyclic amines) is 1. The average Bonchev–Trinajstić information content (AvgIpc) is 3.30. The molecule has 0 bridgehead atoms. The molecule has 8 nitrogen and oxygen atoms in total. The van der Waals surface area contributed by atoms with Crippen molar-refractivity contribution in [3.05, 3.63) is 103 Å². The summed E-state index contributed by atoms with van der Waals surface area (Å²) in [4.78, 5) is 19.4. The number of amides is 1. The molecule has 1 aromatic heterocycles. The minimum absolute atomic E-state index is 0.104. The summed E-state index contributed by atoms with van der Waals surface area (Å²) in [7, 11) is -2.35. The van der Waals surface area contributed by atoms with Crippen molar-refractivity contribution >= 4 is 37.5 Å². The maximum Gasteiger partial charge on any atom is 0.241 e. The monoisotopic (exact) mass is 553 g/mol. The standard InChI is InChI=1S/C31H27N3O5S/c1-38-26-11-9-22-10-12-27(19-24(22)18-26)40(36,37)33-29-14-16-34(31(29)35)20-21-7-8-23-13-15-32-30(28(23)17-21)39-25-5-3-2-4-6-25/h2-13,15,17-19,29,33H,14,16,20H2,1H3/t29-/m0/s1. The maximum atomic E-state index is 13.2. The van der Waals surface area contributed by atoms with Crippen LogP contribution < -0.4 is 14.2 Å². The number of sulfonamides is 1. The second-order valence-electron chi connectivity index (χ2n) is 9.68. The van der Waals surface area contributed by atoms with Gasteiger partial charge in [-0.05, 0) is 76.7 Å². The number of nitrogens with one attached hydrogen (secondary N) is 1. The third kappa shape index (κ3) is 5.21. The Labute approximate surface area is 232 Å². The molecular weight excluding hydrogens is 526 g/mol. The first-order chi connectivity index (χ1) is 19.4. The minimum atomic E-state index is -3.91. The van der Waals surface area contributed by atoms with Crippen molar-refractivity contribution in [3.8, 4) is 17.4 Å². The summed E-state index contributed by atoms with van der Waals surface area (Å²) in [5.74, 6) is 1.55. The number of carbonyl (C=O) groups excluding carboxylic acids is 1. The Balaban J connectivity index is 1.18. The maximum absolute atomic E-state index is 13.2. The van der Waals surface area contributed by atoms with Gasteiger partial charge in [0, 0.05) is 24.7 Å². The number of aromatic nitrogens is 1. The van der Waals surface area contributed by atoms with E-state index in [4.69, 9.17) is 9.47 Å². The third-order valence-corrected chi connectivity index (χ3v) is 8.52. The molecule has 202 valence electrons. The van der Waals surface area contributed by atoms with Gasteiger partial charge in [0.1, 0.15) is 17.5 Å². The largest absolute Gasteiger partial charge is 0.497 e. The number of ether oxygens (including phenoxy) is 2. The molecule has 1 aliphatic heterocycles. The zero-order chi connectivity index (χ0) is 27.7. The van der Waals surface area contributed by atoms with Crippen LogP contribution in [0.5, 0.6) is 17.4 Å². The normalized spacial score (nSPS) is 15.6. The summed E-state index contributed by atoms with van der Waals surface area (Å²) in [6.07, 6.45) is 2.09. The van der Waals surface area contributed by atoms with Crippen molar-refractivity contribution in [2.75, 3.05) is 13.7 Å². The summed E-state index contributed by atoms with van der Waals surface area (Å²) in [5, 5.41) is 3.44. The fourth-order valence-electron chi connectivity index (χ4n) is 4.95. The Hall–Kier alpha value is -4.47. The number of pyridine rings is 1. The fraction of sp³-hybridized carbons (Fsp3) is 0.161. The van der Waals surface area contributed by atoms with Gasteiger partial charge in [0.25, 0.3) is 0 Å². The highest BCUT2D eigenvalue weighted by Gasteiger charge is 2.35. The van der Waals surface area contributed by atoms with Crippen LogP contribution >= 0.6 is 0 Å². The molecule has 0 saturated carbocycles. The summed E-state index contributed by atoms with van der Waals surface area (Å²) in [6, 6.07) is 26.8. The number of fused-ring (bicyclic) bond motifs is 2. The zero-order valence-electron chi connectivity index (χ0n) is 21.8. The first-order valence-corrected chi connectivity index (χ1v) is 14.4. The van der Waals surface area contributed by atoms with E-state index in [2.05, 4.69) is 9.71 Å². The number of hydrogen-bond acceptors (Lipinski definition) is 6. The molecule has 1 amide bonds. The van der Waals surface area contributed by atoms with Crippen LogP contribution in [0, 0.1) is 0 Å². The van der Waals surface area contributed by atoms with Gasteiger partial charge in [-0.25, -0.2) is 13.4 Å². The highest BCUT2D eigenvalue weighted by atomic mass is 32.2. The average molecular weight is 554 g/mol. The number of methoxy groups -OCH3 is 1. The van der Waals surface area contributed by atoms with Crippen LogP contribution in [0.4, 0.5) is 0 Å². The smallest absolute Gasteiger partial charge is 0.241 e. The van der Waals surface area contributed by atoms with E-state index in [1.54, 1.807) is 42.5 Å². The summed E-state index contributed by atoms with van der Waals surface area (Å²) >= 11 is 0. The molecule has 4 aromatic carbocycles. The second-order valence-corrected chi connectivity index (χ2v) is 11.4. The van der Waals surface area contributed by atoms with Gasteiger partial charge < -0.3 is 14.4 Å². The van der Waals surface area contributed by atoms with E-state index in [0.29, 0.717) is 36.9 Å². The summed E-state index contributed by atoms with van der Waals surface area (Å²) in [6.45, 7) is 0.793. The van der Waals surface area contributed by atoms with Gasteiger partial charge in [-0.2, -0.15) is 4.72 Å². The van der Waals surface area contributed by atoms with Crippen LogP contribution in [0.15, 0.2) is 102 Å². The molecule has 9 heteroatoms. The van der Waals surface area contributed by atoms with Crippen LogP contribution in [0.3, 0.4) is 0 Å². The van der Waals surface area contributed by atoms with E-state index in [-0.39, 0.29) is 10.8 Å². The Morgan fingerprint density at radius 2 is 1.70 bits per heavy atom. The van der Waals surface area contributed by atoms with Crippen molar-refractivity contribution in [2.24, 2.45) is 0 Å². The fourth-order valence-corrected chi connectivity index (χ4v) is 6.21. The minimum Gasteiger partial charge on any atom is -0.497 e. The van der Waals surface area contributed by atoms with Crippen LogP contribution in [-0.2, 0) is 21.4 Å². The number of para-hydroxylation sites is 1. The topological polar surface area (TPSA) is 97.8 Å². The molecule has 0 aliphatic carbocycles. The van der Waals surface area contributed by atoms with Crippen molar-refractivity contribution in [3.63, 3.8) is 0 Å². The highest BCUT2D eigenvalue weighted by Crippen LogP contribution is 2.30. The first-order valence-electron chi connectivity index (χ1n) is 12.9. The Morgan fingerprint density at radius 3 is 2.52 bits per heavy atom. The van der Waals surface area contributed by atoms with Crippen molar-refractivity contribution in [2.45, 2.75) is 23.9 Å². The predicted molar refractivity (Wildman–Crippen MR) is 153 cm³/mol. The molecule has 6 rings (SSSR count). The van der Waals surface area contributed by atoms with E-state index >= 15 is 0 Å². The Morgan fingerprint density at radius 1 is 0.900 bits per heavy atom. The number of hydrogen-bond donors (Lipinski definition) is 1.